The van der Waals surface area contributed by atoms with Crippen molar-refractivity contribution in [2.75, 3.05) is 12.4 Å². The summed E-state index contributed by atoms with van der Waals surface area (Å²) < 4.78 is 1.81. The van der Waals surface area contributed by atoms with Gasteiger partial charge in [0, 0.05) is 37.1 Å². The zero-order chi connectivity index (χ0) is 20.1. The zero-order valence-corrected chi connectivity index (χ0v) is 16.8. The van der Waals surface area contributed by atoms with Crippen molar-refractivity contribution in [2.45, 2.75) is 39.7 Å². The summed E-state index contributed by atoms with van der Waals surface area (Å²) in [5, 5.41) is 10.7. The van der Waals surface area contributed by atoms with Gasteiger partial charge in [-0.25, -0.2) is 4.79 Å². The van der Waals surface area contributed by atoms with Crippen molar-refractivity contribution in [3.63, 3.8) is 0 Å². The molecule has 3 rings (SSSR count). The van der Waals surface area contributed by atoms with E-state index < -0.39 is 0 Å². The third-order valence-electron chi connectivity index (χ3n) is 5.02. The lowest BCUT2D eigenvalue weighted by Gasteiger charge is -2.26. The number of benzene rings is 1. The number of urea groups is 1. The van der Waals surface area contributed by atoms with Gasteiger partial charge in [0.1, 0.15) is 12.7 Å². The van der Waals surface area contributed by atoms with Crippen molar-refractivity contribution in [3.8, 4) is 5.69 Å². The Labute approximate surface area is 165 Å². The number of nitrogens with zero attached hydrogens (tertiary/aromatic N) is 5. The first-order chi connectivity index (χ1) is 13.5. The quantitative estimate of drug-likeness (QED) is 0.711. The number of aromatic nitrogens is 4. The smallest absolute Gasteiger partial charge is 0.321 e. The fourth-order valence-electron chi connectivity index (χ4n) is 3.04. The van der Waals surface area contributed by atoms with Crippen molar-refractivity contribution in [2.24, 2.45) is 0 Å². The standard InChI is InChI=1S/C21H26N6O/c1-5-17-8-9-18(27-13-23-24-14-27)12-20(17)25-21(28)26(4)16(3)11-19-15(2)7-6-10-22-19/h6-10,12-14,16H,5,11H2,1-4H3,(H,25,28)/t16-/m0/s1. The van der Waals surface area contributed by atoms with Gasteiger partial charge >= 0.3 is 6.03 Å². The van der Waals surface area contributed by atoms with E-state index in [0.29, 0.717) is 6.42 Å². The van der Waals surface area contributed by atoms with Crippen LogP contribution in [0.1, 0.15) is 30.7 Å². The van der Waals surface area contributed by atoms with E-state index >= 15 is 0 Å². The maximum absolute atomic E-state index is 12.9. The van der Waals surface area contributed by atoms with Crippen LogP contribution in [0.3, 0.4) is 0 Å². The van der Waals surface area contributed by atoms with Crippen LogP contribution in [0.2, 0.25) is 0 Å². The Morgan fingerprint density at radius 2 is 2.00 bits per heavy atom. The number of aryl methyl sites for hydroxylation is 2. The summed E-state index contributed by atoms with van der Waals surface area (Å²) in [7, 11) is 1.81. The van der Waals surface area contributed by atoms with Gasteiger partial charge in [0.15, 0.2) is 0 Å². The number of nitrogens with one attached hydrogen (secondary N) is 1. The molecule has 3 aromatic rings. The van der Waals surface area contributed by atoms with Crippen molar-refractivity contribution < 1.29 is 4.79 Å². The molecule has 0 saturated carbocycles. The van der Waals surface area contributed by atoms with Gasteiger partial charge in [-0.15, -0.1) is 10.2 Å². The molecule has 7 nitrogen and oxygen atoms in total. The zero-order valence-electron chi connectivity index (χ0n) is 16.8. The molecule has 1 atom stereocenters. The maximum Gasteiger partial charge on any atom is 0.321 e. The number of pyridine rings is 1. The van der Waals surface area contributed by atoms with Crippen LogP contribution in [0.15, 0.2) is 49.2 Å². The molecule has 28 heavy (non-hydrogen) atoms. The predicted octanol–water partition coefficient (Wildman–Crippen LogP) is 3.63. The van der Waals surface area contributed by atoms with Crippen LogP contribution >= 0.6 is 0 Å². The summed E-state index contributed by atoms with van der Waals surface area (Å²) in [5.74, 6) is 0. The highest BCUT2D eigenvalue weighted by atomic mass is 16.2. The second kappa shape index (κ2) is 8.65. The van der Waals surface area contributed by atoms with Crippen LogP contribution in [0, 0.1) is 6.92 Å². The van der Waals surface area contributed by atoms with E-state index in [4.69, 9.17) is 0 Å². The molecule has 0 fully saturated rings. The Hall–Kier alpha value is -3.22. The topological polar surface area (TPSA) is 75.9 Å². The van der Waals surface area contributed by atoms with Gasteiger partial charge in [0.2, 0.25) is 0 Å². The average Bonchev–Trinajstić information content (AvgIpc) is 3.24. The molecular weight excluding hydrogens is 352 g/mol. The van der Waals surface area contributed by atoms with Gasteiger partial charge in [0.25, 0.3) is 0 Å². The molecule has 2 heterocycles. The monoisotopic (exact) mass is 378 g/mol. The number of amides is 2. The molecular formula is C21H26N6O. The highest BCUT2D eigenvalue weighted by Crippen LogP contribution is 2.22. The molecule has 0 unspecified atom stereocenters. The van der Waals surface area contributed by atoms with Gasteiger partial charge < -0.3 is 10.2 Å². The van der Waals surface area contributed by atoms with Crippen LogP contribution in [-0.2, 0) is 12.8 Å². The number of hydrogen-bond acceptors (Lipinski definition) is 4. The van der Waals surface area contributed by atoms with Crippen molar-refractivity contribution in [1.29, 1.82) is 0 Å². The average molecular weight is 378 g/mol. The highest BCUT2D eigenvalue weighted by molar-refractivity contribution is 5.90. The van der Waals surface area contributed by atoms with Crippen LogP contribution in [0.4, 0.5) is 10.5 Å². The van der Waals surface area contributed by atoms with Gasteiger partial charge in [-0.05, 0) is 49.6 Å². The first-order valence-electron chi connectivity index (χ1n) is 9.41. The van der Waals surface area contributed by atoms with Crippen molar-refractivity contribution in [1.82, 2.24) is 24.6 Å². The third kappa shape index (κ3) is 4.36. The number of hydrogen-bond donors (Lipinski definition) is 1. The SMILES string of the molecule is CCc1ccc(-n2cnnc2)cc1NC(=O)N(C)[C@@H](C)Cc1ncccc1C. The number of anilines is 1. The first kappa shape index (κ1) is 19.5. The summed E-state index contributed by atoms with van der Waals surface area (Å²) >= 11 is 0. The molecule has 146 valence electrons. The molecule has 1 N–H and O–H groups in total. The molecule has 0 aliphatic heterocycles. The van der Waals surface area contributed by atoms with E-state index in [-0.39, 0.29) is 12.1 Å². The molecule has 1 aromatic carbocycles. The summed E-state index contributed by atoms with van der Waals surface area (Å²) in [4.78, 5) is 19.0. The highest BCUT2D eigenvalue weighted by Gasteiger charge is 2.18. The summed E-state index contributed by atoms with van der Waals surface area (Å²) in [6.07, 6.45) is 6.59. The van der Waals surface area contributed by atoms with Crippen LogP contribution in [0.25, 0.3) is 5.69 Å². The number of carbonyl (C=O) groups is 1. The van der Waals surface area contributed by atoms with E-state index in [9.17, 15) is 4.79 Å². The molecule has 0 saturated heterocycles. The lowest BCUT2D eigenvalue weighted by molar-refractivity contribution is 0.207. The maximum atomic E-state index is 12.9. The number of carbonyl (C=O) groups excluding carboxylic acids is 1. The van der Waals surface area contributed by atoms with Crippen LogP contribution in [-0.4, -0.2) is 43.8 Å². The molecule has 0 aliphatic carbocycles. The van der Waals surface area contributed by atoms with Gasteiger partial charge in [-0.3, -0.25) is 9.55 Å². The van der Waals surface area contributed by atoms with Crippen molar-refractivity contribution >= 4 is 11.7 Å². The van der Waals surface area contributed by atoms with Gasteiger partial charge in [0.05, 0.1) is 5.69 Å². The van der Waals surface area contributed by atoms with Crippen LogP contribution < -0.4 is 5.32 Å². The van der Waals surface area contributed by atoms with Gasteiger partial charge in [-0.1, -0.05) is 19.1 Å². The molecule has 0 radical (unpaired) electrons. The Morgan fingerprint density at radius 1 is 1.25 bits per heavy atom. The Balaban J connectivity index is 1.74. The molecule has 0 aliphatic rings. The second-order valence-corrected chi connectivity index (χ2v) is 6.93. The lowest BCUT2D eigenvalue weighted by Crippen LogP contribution is -2.39. The number of rotatable bonds is 6. The first-order valence-corrected chi connectivity index (χ1v) is 9.41. The normalized spacial score (nSPS) is 11.9. The molecule has 2 aromatic heterocycles. The molecule has 0 spiro atoms. The summed E-state index contributed by atoms with van der Waals surface area (Å²) in [6.45, 7) is 6.14. The largest absolute Gasteiger partial charge is 0.324 e. The van der Waals surface area contributed by atoms with Gasteiger partial charge in [-0.2, -0.15) is 0 Å². The Bertz CT molecular complexity index is 938. The van der Waals surface area contributed by atoms with E-state index in [1.807, 2.05) is 55.8 Å². The molecule has 7 heteroatoms. The fraction of sp³-hybridized carbons (Fsp3) is 0.333. The fourth-order valence-corrected chi connectivity index (χ4v) is 3.04. The van der Waals surface area contributed by atoms with Crippen molar-refractivity contribution in [3.05, 3.63) is 66.0 Å². The summed E-state index contributed by atoms with van der Waals surface area (Å²) in [6, 6.07) is 9.80. The van der Waals surface area contributed by atoms with E-state index in [0.717, 1.165) is 34.6 Å². The predicted molar refractivity (Wildman–Crippen MR) is 110 cm³/mol. The molecule has 0 bridgehead atoms. The lowest BCUT2D eigenvalue weighted by atomic mass is 10.1. The minimum absolute atomic E-state index is 0.0136. The minimum Gasteiger partial charge on any atom is -0.324 e. The second-order valence-electron chi connectivity index (χ2n) is 6.93. The van der Waals surface area contributed by atoms with Crippen LogP contribution in [0.5, 0.6) is 0 Å². The Kier molecular flexibility index (Phi) is 6.03. The minimum atomic E-state index is -0.142. The van der Waals surface area contributed by atoms with E-state index in [1.54, 1.807) is 23.8 Å². The number of likely N-dealkylation sites (N-methyl/N-ethyl adjacent to an activating group) is 1. The Morgan fingerprint density at radius 3 is 2.68 bits per heavy atom. The van der Waals surface area contributed by atoms with E-state index in [2.05, 4.69) is 27.4 Å². The summed E-state index contributed by atoms with van der Waals surface area (Å²) in [5.41, 5.74) is 4.92. The third-order valence-corrected chi connectivity index (χ3v) is 5.02. The van der Waals surface area contributed by atoms with E-state index in [1.165, 1.54) is 0 Å². The molecule has 2 amide bonds.